The zero-order chi connectivity index (χ0) is 13.1. The van der Waals surface area contributed by atoms with Gasteiger partial charge in [-0.2, -0.15) is 5.26 Å². The summed E-state index contributed by atoms with van der Waals surface area (Å²) in [5.74, 6) is 0. The molecule has 1 aromatic heterocycles. The van der Waals surface area contributed by atoms with Gasteiger partial charge in [-0.1, -0.05) is 11.6 Å². The van der Waals surface area contributed by atoms with Gasteiger partial charge in [-0.15, -0.1) is 11.3 Å². The summed E-state index contributed by atoms with van der Waals surface area (Å²) in [6, 6.07) is 7.26. The van der Waals surface area contributed by atoms with Crippen LogP contribution in [0.5, 0.6) is 0 Å². The Kier molecular flexibility index (Phi) is 3.85. The van der Waals surface area contributed by atoms with E-state index < -0.39 is 0 Å². The van der Waals surface area contributed by atoms with E-state index in [-0.39, 0.29) is 0 Å². The second-order valence-electron chi connectivity index (χ2n) is 3.91. The number of nitrogens with zero attached hydrogens (tertiary/aromatic N) is 2. The minimum absolute atomic E-state index is 0.591. The Bertz CT molecular complexity index is 594. The predicted molar refractivity (Wildman–Crippen MR) is 75.1 cm³/mol. The van der Waals surface area contributed by atoms with Gasteiger partial charge in [0.05, 0.1) is 34.6 Å². The molecule has 1 heterocycles. The molecule has 92 valence electrons. The fourth-order valence-electron chi connectivity index (χ4n) is 1.52. The van der Waals surface area contributed by atoms with Crippen LogP contribution in [0.25, 0.3) is 0 Å². The number of rotatable bonds is 3. The molecule has 2 rings (SSSR count). The van der Waals surface area contributed by atoms with Crippen molar-refractivity contribution in [2.75, 3.05) is 5.32 Å². The maximum absolute atomic E-state index is 8.85. The van der Waals surface area contributed by atoms with Crippen LogP contribution in [0.1, 0.15) is 21.1 Å². The molecule has 0 unspecified atom stereocenters. The van der Waals surface area contributed by atoms with Crippen molar-refractivity contribution >= 4 is 28.6 Å². The third-order valence-electron chi connectivity index (χ3n) is 2.60. The fourth-order valence-corrected chi connectivity index (χ4v) is 2.57. The molecule has 0 bridgehead atoms. The van der Waals surface area contributed by atoms with Crippen LogP contribution < -0.4 is 5.32 Å². The Morgan fingerprint density at radius 3 is 2.83 bits per heavy atom. The van der Waals surface area contributed by atoms with Gasteiger partial charge in [0.15, 0.2) is 0 Å². The number of thiazole rings is 1. The lowest BCUT2D eigenvalue weighted by Crippen LogP contribution is -2.00. The summed E-state index contributed by atoms with van der Waals surface area (Å²) in [6.45, 7) is 4.67. The number of aromatic nitrogens is 1. The summed E-state index contributed by atoms with van der Waals surface area (Å²) < 4.78 is 0. The van der Waals surface area contributed by atoms with Gasteiger partial charge < -0.3 is 5.32 Å². The molecular weight excluding hydrogens is 266 g/mol. The van der Waals surface area contributed by atoms with Crippen molar-refractivity contribution in [3.63, 3.8) is 0 Å². The van der Waals surface area contributed by atoms with E-state index in [0.717, 1.165) is 16.4 Å². The molecule has 3 nitrogen and oxygen atoms in total. The Morgan fingerprint density at radius 2 is 2.22 bits per heavy atom. The van der Waals surface area contributed by atoms with Gasteiger partial charge in [0.2, 0.25) is 0 Å². The number of halogens is 1. The third-order valence-corrected chi connectivity index (χ3v) is 4.00. The molecule has 0 saturated carbocycles. The average Bonchev–Trinajstić information content (AvgIpc) is 2.68. The van der Waals surface area contributed by atoms with Crippen LogP contribution in [-0.2, 0) is 6.54 Å². The van der Waals surface area contributed by atoms with E-state index in [1.165, 1.54) is 4.88 Å². The maximum Gasteiger partial charge on any atom is 0.112 e. The van der Waals surface area contributed by atoms with Crippen molar-refractivity contribution in [1.82, 2.24) is 4.98 Å². The average molecular weight is 278 g/mol. The number of nitriles is 1. The van der Waals surface area contributed by atoms with Gasteiger partial charge in [-0.3, -0.25) is 0 Å². The lowest BCUT2D eigenvalue weighted by molar-refractivity contribution is 1.07. The normalized spacial score (nSPS) is 10.1. The second-order valence-corrected chi connectivity index (χ2v) is 5.60. The van der Waals surface area contributed by atoms with E-state index in [4.69, 9.17) is 16.9 Å². The van der Waals surface area contributed by atoms with Gasteiger partial charge in [-0.25, -0.2) is 4.98 Å². The molecule has 1 N–H and O–H groups in total. The number of aryl methyl sites for hydroxylation is 2. The SMILES string of the molecule is Cc1nc(CNc2cc(C#N)ccc2Cl)sc1C. The number of nitrogens with one attached hydrogen (secondary N) is 1. The highest BCUT2D eigenvalue weighted by molar-refractivity contribution is 7.11. The summed E-state index contributed by atoms with van der Waals surface area (Å²) in [5.41, 5.74) is 2.42. The molecule has 0 fully saturated rings. The molecular formula is C13H12ClN3S. The van der Waals surface area contributed by atoms with Crippen LogP contribution in [0.2, 0.25) is 5.02 Å². The third kappa shape index (κ3) is 2.81. The molecule has 0 atom stereocenters. The lowest BCUT2D eigenvalue weighted by Gasteiger charge is -2.06. The van der Waals surface area contributed by atoms with Crippen LogP contribution >= 0.6 is 22.9 Å². The van der Waals surface area contributed by atoms with Crippen molar-refractivity contribution in [2.24, 2.45) is 0 Å². The molecule has 0 saturated heterocycles. The zero-order valence-corrected chi connectivity index (χ0v) is 11.7. The predicted octanol–water partition coefficient (Wildman–Crippen LogP) is 3.90. The summed E-state index contributed by atoms with van der Waals surface area (Å²) in [4.78, 5) is 5.67. The first-order valence-corrected chi connectivity index (χ1v) is 6.66. The first-order chi connectivity index (χ1) is 8.60. The van der Waals surface area contributed by atoms with Gasteiger partial charge in [0.25, 0.3) is 0 Å². The number of hydrogen-bond donors (Lipinski definition) is 1. The molecule has 0 radical (unpaired) electrons. The maximum atomic E-state index is 8.85. The summed E-state index contributed by atoms with van der Waals surface area (Å²) in [5, 5.41) is 13.7. The zero-order valence-electron chi connectivity index (χ0n) is 10.1. The molecule has 0 spiro atoms. The monoisotopic (exact) mass is 277 g/mol. The van der Waals surface area contributed by atoms with Gasteiger partial charge in [0, 0.05) is 4.88 Å². The van der Waals surface area contributed by atoms with E-state index in [2.05, 4.69) is 23.3 Å². The summed E-state index contributed by atoms with van der Waals surface area (Å²) in [7, 11) is 0. The van der Waals surface area contributed by atoms with Crippen LogP contribution in [0.15, 0.2) is 18.2 Å². The van der Waals surface area contributed by atoms with Crippen molar-refractivity contribution < 1.29 is 0 Å². The highest BCUT2D eigenvalue weighted by atomic mass is 35.5. The van der Waals surface area contributed by atoms with Gasteiger partial charge >= 0.3 is 0 Å². The van der Waals surface area contributed by atoms with E-state index in [1.807, 2.05) is 6.92 Å². The Morgan fingerprint density at radius 1 is 1.44 bits per heavy atom. The molecule has 18 heavy (non-hydrogen) atoms. The highest BCUT2D eigenvalue weighted by Crippen LogP contribution is 2.24. The first-order valence-electron chi connectivity index (χ1n) is 5.46. The molecule has 0 amide bonds. The standard InChI is InChI=1S/C13H12ClN3S/c1-8-9(2)18-13(17-8)7-16-12-5-10(6-15)3-4-11(12)14/h3-5,16H,7H2,1-2H3. The van der Waals surface area contributed by atoms with E-state index >= 15 is 0 Å². The number of benzene rings is 1. The minimum Gasteiger partial charge on any atom is -0.377 e. The Hall–Kier alpha value is -1.57. The molecule has 5 heteroatoms. The van der Waals surface area contributed by atoms with E-state index in [9.17, 15) is 0 Å². The summed E-state index contributed by atoms with van der Waals surface area (Å²) in [6.07, 6.45) is 0. The van der Waals surface area contributed by atoms with Crippen molar-refractivity contribution in [3.8, 4) is 6.07 Å². The van der Waals surface area contributed by atoms with E-state index in [1.54, 1.807) is 29.5 Å². The highest BCUT2D eigenvalue weighted by Gasteiger charge is 2.05. The van der Waals surface area contributed by atoms with Gasteiger partial charge in [-0.05, 0) is 32.0 Å². The van der Waals surface area contributed by atoms with Crippen molar-refractivity contribution in [1.29, 1.82) is 5.26 Å². The molecule has 2 aromatic rings. The lowest BCUT2D eigenvalue weighted by atomic mass is 10.2. The quantitative estimate of drug-likeness (QED) is 0.926. The van der Waals surface area contributed by atoms with Crippen molar-refractivity contribution in [3.05, 3.63) is 44.4 Å². The molecule has 1 aromatic carbocycles. The second kappa shape index (κ2) is 5.38. The Labute approximate surface area is 115 Å². The smallest absolute Gasteiger partial charge is 0.112 e. The van der Waals surface area contributed by atoms with Gasteiger partial charge in [0.1, 0.15) is 5.01 Å². The number of hydrogen-bond acceptors (Lipinski definition) is 4. The number of anilines is 1. The van der Waals surface area contributed by atoms with Crippen LogP contribution in [0, 0.1) is 25.2 Å². The van der Waals surface area contributed by atoms with Crippen LogP contribution in [0.4, 0.5) is 5.69 Å². The summed E-state index contributed by atoms with van der Waals surface area (Å²) >= 11 is 7.73. The topological polar surface area (TPSA) is 48.7 Å². The molecule has 0 aliphatic rings. The van der Waals surface area contributed by atoms with Crippen LogP contribution in [-0.4, -0.2) is 4.98 Å². The van der Waals surface area contributed by atoms with E-state index in [0.29, 0.717) is 17.1 Å². The fraction of sp³-hybridized carbons (Fsp3) is 0.231. The minimum atomic E-state index is 0.591. The molecule has 0 aliphatic carbocycles. The molecule has 0 aliphatic heterocycles. The van der Waals surface area contributed by atoms with Crippen LogP contribution in [0.3, 0.4) is 0 Å². The van der Waals surface area contributed by atoms with Crippen molar-refractivity contribution in [2.45, 2.75) is 20.4 Å². The Balaban J connectivity index is 2.13. The largest absolute Gasteiger partial charge is 0.377 e. The first kappa shape index (κ1) is 12.9.